The molecule has 1 heterocycles. The van der Waals surface area contributed by atoms with Crippen LogP contribution in [0.25, 0.3) is 22.3 Å². The second kappa shape index (κ2) is 10.6. The van der Waals surface area contributed by atoms with Crippen LogP contribution in [0, 0.1) is 0 Å². The zero-order valence-corrected chi connectivity index (χ0v) is 23.7. The Balaban J connectivity index is 1.55. The number of nitrogens with zero attached hydrogens (tertiary/aromatic N) is 2. The summed E-state index contributed by atoms with van der Waals surface area (Å²) >= 11 is 0. The maximum absolute atomic E-state index is 10.7. The van der Waals surface area contributed by atoms with Crippen LogP contribution < -0.4 is 9.80 Å². The van der Waals surface area contributed by atoms with Crippen molar-refractivity contribution in [3.05, 3.63) is 126 Å². The first-order valence-corrected chi connectivity index (χ1v) is 14.2. The van der Waals surface area contributed by atoms with Crippen LogP contribution in [0.1, 0.15) is 50.7 Å². The number of hydrogen-bond acceptors (Lipinski definition) is 3. The Hall–Kier alpha value is -4.50. The third kappa shape index (κ3) is 4.62. The monoisotopic (exact) mass is 524 g/mol. The molecule has 0 bridgehead atoms. The van der Waals surface area contributed by atoms with E-state index in [9.17, 15) is 5.11 Å². The van der Waals surface area contributed by atoms with E-state index in [-0.39, 0.29) is 5.75 Å². The number of anilines is 4. The highest BCUT2D eigenvalue weighted by Gasteiger charge is 2.30. The molecule has 0 radical (unpaired) electrons. The summed E-state index contributed by atoms with van der Waals surface area (Å²) in [5, 5.41) is 10.7. The van der Waals surface area contributed by atoms with E-state index in [4.69, 9.17) is 0 Å². The van der Waals surface area contributed by atoms with E-state index in [1.807, 2.05) is 18.2 Å². The molecule has 0 unspecified atom stereocenters. The van der Waals surface area contributed by atoms with E-state index >= 15 is 0 Å². The van der Waals surface area contributed by atoms with Gasteiger partial charge >= 0.3 is 0 Å². The lowest BCUT2D eigenvalue weighted by atomic mass is 9.82. The van der Waals surface area contributed by atoms with Crippen LogP contribution in [0.4, 0.5) is 22.7 Å². The van der Waals surface area contributed by atoms with E-state index in [2.05, 4.69) is 128 Å². The van der Waals surface area contributed by atoms with Gasteiger partial charge in [0.05, 0.1) is 17.1 Å². The Labute approximate surface area is 238 Å². The molecule has 1 N–H and O–H groups in total. The average Bonchev–Trinajstić information content (AvgIpc) is 3.36. The molecule has 1 aliphatic rings. The molecule has 3 heteroatoms. The summed E-state index contributed by atoms with van der Waals surface area (Å²) in [6.07, 6.45) is 0. The molecule has 6 rings (SSSR count). The van der Waals surface area contributed by atoms with E-state index in [0.717, 1.165) is 22.7 Å². The molecule has 0 saturated carbocycles. The number of rotatable bonds is 6. The lowest BCUT2D eigenvalue weighted by molar-refractivity contribution is 0.476. The first kappa shape index (κ1) is 25.8. The van der Waals surface area contributed by atoms with Crippen molar-refractivity contribution in [2.45, 2.75) is 39.5 Å². The third-order valence-corrected chi connectivity index (χ3v) is 7.92. The molecule has 0 aromatic heterocycles. The zero-order valence-electron chi connectivity index (χ0n) is 23.7. The summed E-state index contributed by atoms with van der Waals surface area (Å²) in [4.78, 5) is 4.54. The van der Waals surface area contributed by atoms with Gasteiger partial charge in [-0.1, -0.05) is 107 Å². The summed E-state index contributed by atoms with van der Waals surface area (Å²) in [6, 6.07) is 40.4. The predicted octanol–water partition coefficient (Wildman–Crippen LogP) is 10.2. The van der Waals surface area contributed by atoms with Crippen LogP contribution in [0.3, 0.4) is 0 Å². The highest BCUT2D eigenvalue weighted by Crippen LogP contribution is 2.49. The number of phenolic OH excluding ortho intramolecular Hbond substituents is 1. The highest BCUT2D eigenvalue weighted by molar-refractivity contribution is 5.92. The standard InChI is InChI=1S/C37H36N2O/c1-25(2)31-21-29(27-13-7-5-8-14-27)22-32(26(3)4)37(31)28-19-20-33-35(23-28)38(30-15-9-6-10-16-30)24-39(33)34-17-11-12-18-36(34)40/h5-23,25-26,40H,24H2,1-4H3. The van der Waals surface area contributed by atoms with Crippen molar-refractivity contribution < 1.29 is 5.11 Å². The smallest absolute Gasteiger partial charge is 0.139 e. The van der Waals surface area contributed by atoms with Gasteiger partial charge in [-0.2, -0.15) is 0 Å². The molecule has 40 heavy (non-hydrogen) atoms. The zero-order chi connectivity index (χ0) is 27.8. The molecule has 5 aromatic carbocycles. The summed E-state index contributed by atoms with van der Waals surface area (Å²) in [5.41, 5.74) is 12.0. The number of fused-ring (bicyclic) bond motifs is 1. The lowest BCUT2D eigenvalue weighted by Crippen LogP contribution is -2.23. The fraction of sp³-hybridized carbons (Fsp3) is 0.189. The minimum absolute atomic E-state index is 0.285. The average molecular weight is 525 g/mol. The summed E-state index contributed by atoms with van der Waals surface area (Å²) in [7, 11) is 0. The van der Waals surface area contributed by atoms with E-state index < -0.39 is 0 Å². The van der Waals surface area contributed by atoms with Gasteiger partial charge in [-0.05, 0) is 81.6 Å². The molecule has 0 amide bonds. The molecule has 5 aromatic rings. The van der Waals surface area contributed by atoms with Crippen LogP contribution in [-0.4, -0.2) is 11.8 Å². The van der Waals surface area contributed by atoms with Crippen LogP contribution in [0.15, 0.2) is 115 Å². The second-order valence-corrected chi connectivity index (χ2v) is 11.2. The van der Waals surface area contributed by atoms with Crippen molar-refractivity contribution in [3.8, 4) is 28.0 Å². The number of benzene rings is 5. The minimum Gasteiger partial charge on any atom is -0.506 e. The molecule has 0 saturated heterocycles. The highest BCUT2D eigenvalue weighted by atomic mass is 16.3. The maximum Gasteiger partial charge on any atom is 0.139 e. The maximum atomic E-state index is 10.7. The Morgan fingerprint density at radius 2 is 1.12 bits per heavy atom. The van der Waals surface area contributed by atoms with Crippen molar-refractivity contribution in [2.75, 3.05) is 16.5 Å². The Morgan fingerprint density at radius 1 is 0.525 bits per heavy atom. The van der Waals surface area contributed by atoms with Gasteiger partial charge in [0, 0.05) is 5.69 Å². The van der Waals surface area contributed by atoms with Gasteiger partial charge in [0.1, 0.15) is 12.4 Å². The Kier molecular flexibility index (Phi) is 6.81. The van der Waals surface area contributed by atoms with Gasteiger partial charge < -0.3 is 14.9 Å². The number of aromatic hydroxyl groups is 1. The number of hydrogen-bond donors (Lipinski definition) is 1. The van der Waals surface area contributed by atoms with Crippen LogP contribution in [-0.2, 0) is 0 Å². The van der Waals surface area contributed by atoms with Crippen molar-refractivity contribution in [1.29, 1.82) is 0 Å². The molecular weight excluding hydrogens is 488 g/mol. The van der Waals surface area contributed by atoms with Gasteiger partial charge in [0.25, 0.3) is 0 Å². The third-order valence-electron chi connectivity index (χ3n) is 7.92. The summed E-state index contributed by atoms with van der Waals surface area (Å²) < 4.78 is 0. The molecule has 0 fully saturated rings. The molecule has 1 aliphatic heterocycles. The van der Waals surface area contributed by atoms with E-state index in [1.165, 1.54) is 33.4 Å². The molecule has 0 aliphatic carbocycles. The molecular formula is C37H36N2O. The van der Waals surface area contributed by atoms with Gasteiger partial charge in [-0.25, -0.2) is 0 Å². The van der Waals surface area contributed by atoms with Gasteiger partial charge in [0.2, 0.25) is 0 Å². The van der Waals surface area contributed by atoms with Gasteiger partial charge in [-0.3, -0.25) is 0 Å². The van der Waals surface area contributed by atoms with E-state index in [0.29, 0.717) is 18.5 Å². The van der Waals surface area contributed by atoms with Crippen LogP contribution in [0.2, 0.25) is 0 Å². The van der Waals surface area contributed by atoms with Crippen molar-refractivity contribution >= 4 is 22.7 Å². The van der Waals surface area contributed by atoms with E-state index in [1.54, 1.807) is 6.07 Å². The predicted molar refractivity (Wildman–Crippen MR) is 169 cm³/mol. The first-order chi connectivity index (χ1) is 19.4. The van der Waals surface area contributed by atoms with Gasteiger partial charge in [-0.15, -0.1) is 0 Å². The molecule has 3 nitrogen and oxygen atoms in total. The van der Waals surface area contributed by atoms with Crippen molar-refractivity contribution in [3.63, 3.8) is 0 Å². The molecule has 0 atom stereocenters. The van der Waals surface area contributed by atoms with Crippen molar-refractivity contribution in [1.82, 2.24) is 0 Å². The largest absolute Gasteiger partial charge is 0.506 e. The summed E-state index contributed by atoms with van der Waals surface area (Å²) in [6.45, 7) is 9.80. The number of phenols is 1. The fourth-order valence-corrected chi connectivity index (χ4v) is 5.87. The lowest BCUT2D eigenvalue weighted by Gasteiger charge is -2.24. The fourth-order valence-electron chi connectivity index (χ4n) is 5.87. The normalized spacial score (nSPS) is 12.8. The topological polar surface area (TPSA) is 26.7 Å². The Bertz CT molecular complexity index is 1610. The first-order valence-electron chi connectivity index (χ1n) is 14.2. The second-order valence-electron chi connectivity index (χ2n) is 11.2. The van der Waals surface area contributed by atoms with Crippen molar-refractivity contribution in [2.24, 2.45) is 0 Å². The quantitative estimate of drug-likeness (QED) is 0.239. The molecule has 200 valence electrons. The Morgan fingerprint density at radius 3 is 1.75 bits per heavy atom. The molecule has 0 spiro atoms. The van der Waals surface area contributed by atoms with Crippen LogP contribution in [0.5, 0.6) is 5.75 Å². The van der Waals surface area contributed by atoms with Crippen LogP contribution >= 0.6 is 0 Å². The SMILES string of the molecule is CC(C)c1cc(-c2ccccc2)cc(C(C)C)c1-c1ccc2c(c1)N(c1ccccc1)CN2c1ccccc1O. The number of para-hydroxylation sites is 3. The van der Waals surface area contributed by atoms with Gasteiger partial charge in [0.15, 0.2) is 0 Å². The summed E-state index contributed by atoms with van der Waals surface area (Å²) in [5.74, 6) is 1.02. The minimum atomic E-state index is 0.285.